The minimum Gasteiger partial charge on any atom is -0.453 e. The number of hydrogen-bond acceptors (Lipinski definition) is 5. The first-order valence-corrected chi connectivity index (χ1v) is 6.78. The van der Waals surface area contributed by atoms with E-state index in [0.29, 0.717) is 11.5 Å². The molecule has 6 nitrogen and oxygen atoms in total. The number of anilines is 1. The molecule has 2 heterocycles. The smallest absolute Gasteiger partial charge is 0.407 e. The highest BCUT2D eigenvalue weighted by molar-refractivity contribution is 7.80. The molecule has 1 fully saturated rings. The van der Waals surface area contributed by atoms with Crippen LogP contribution in [0.25, 0.3) is 0 Å². The number of hydrogen-bond donors (Lipinski definition) is 2. The van der Waals surface area contributed by atoms with Crippen LogP contribution in [0.1, 0.15) is 17.7 Å². The highest BCUT2D eigenvalue weighted by Gasteiger charge is 2.25. The molecule has 0 spiro atoms. The van der Waals surface area contributed by atoms with Crippen molar-refractivity contribution in [1.29, 1.82) is 0 Å². The molecule has 0 aliphatic carbocycles. The fourth-order valence-electron chi connectivity index (χ4n) is 2.27. The summed E-state index contributed by atoms with van der Waals surface area (Å²) in [4.78, 5) is 18.2. The molecule has 1 unspecified atom stereocenters. The van der Waals surface area contributed by atoms with Crippen molar-refractivity contribution in [2.24, 2.45) is 5.73 Å². The first-order chi connectivity index (χ1) is 9.49. The third kappa shape index (κ3) is 3.36. The Kier molecular flexibility index (Phi) is 4.39. The highest BCUT2D eigenvalue weighted by atomic mass is 32.1. The van der Waals surface area contributed by atoms with Crippen LogP contribution in [0, 0.1) is 6.92 Å². The number of carbonyl (C=O) groups is 1. The van der Waals surface area contributed by atoms with E-state index in [9.17, 15) is 4.79 Å². The molecular weight excluding hydrogens is 276 g/mol. The SMILES string of the molecule is COC(=O)NC1CCN(c2cc(C(N)=S)cc(C)n2)C1. The predicted molar refractivity (Wildman–Crippen MR) is 81.0 cm³/mol. The van der Waals surface area contributed by atoms with Gasteiger partial charge in [0.05, 0.1) is 13.2 Å². The number of nitrogens with zero attached hydrogens (tertiary/aromatic N) is 2. The lowest BCUT2D eigenvalue weighted by molar-refractivity contribution is 0.167. The van der Waals surface area contributed by atoms with Gasteiger partial charge in [-0.3, -0.25) is 0 Å². The minimum atomic E-state index is -0.405. The maximum atomic E-state index is 11.2. The molecule has 0 saturated carbocycles. The van der Waals surface area contributed by atoms with Gasteiger partial charge in [0, 0.05) is 24.3 Å². The van der Waals surface area contributed by atoms with E-state index in [1.165, 1.54) is 7.11 Å². The molecule has 1 atom stereocenters. The topological polar surface area (TPSA) is 80.5 Å². The molecule has 3 N–H and O–H groups in total. The van der Waals surface area contributed by atoms with E-state index in [1.54, 1.807) is 0 Å². The summed E-state index contributed by atoms with van der Waals surface area (Å²) in [5.41, 5.74) is 7.36. The minimum absolute atomic E-state index is 0.0676. The van der Waals surface area contributed by atoms with E-state index < -0.39 is 6.09 Å². The highest BCUT2D eigenvalue weighted by Crippen LogP contribution is 2.20. The second kappa shape index (κ2) is 6.04. The van der Waals surface area contributed by atoms with Crippen molar-refractivity contribution in [3.05, 3.63) is 23.4 Å². The largest absolute Gasteiger partial charge is 0.453 e. The molecule has 1 amide bonds. The normalized spacial score (nSPS) is 17.9. The molecule has 0 radical (unpaired) electrons. The number of aromatic nitrogens is 1. The summed E-state index contributed by atoms with van der Waals surface area (Å²) >= 11 is 5.01. The van der Waals surface area contributed by atoms with Gasteiger partial charge in [0.15, 0.2) is 0 Å². The lowest BCUT2D eigenvalue weighted by atomic mass is 10.2. The van der Waals surface area contributed by atoms with Crippen LogP contribution < -0.4 is 16.0 Å². The molecule has 1 aliphatic heterocycles. The van der Waals surface area contributed by atoms with E-state index in [4.69, 9.17) is 18.0 Å². The van der Waals surface area contributed by atoms with E-state index >= 15 is 0 Å². The summed E-state index contributed by atoms with van der Waals surface area (Å²) in [6.07, 6.45) is 0.450. The molecule has 0 bridgehead atoms. The monoisotopic (exact) mass is 294 g/mol. The molecule has 1 aliphatic rings. The second-order valence-electron chi connectivity index (χ2n) is 4.79. The van der Waals surface area contributed by atoms with Gasteiger partial charge in [0.2, 0.25) is 0 Å². The number of rotatable bonds is 3. The van der Waals surface area contributed by atoms with Crippen LogP contribution >= 0.6 is 12.2 Å². The Bertz CT molecular complexity index is 535. The molecule has 1 aromatic heterocycles. The number of amides is 1. The van der Waals surface area contributed by atoms with Crippen LogP contribution in [-0.2, 0) is 4.74 Å². The van der Waals surface area contributed by atoms with Crippen molar-refractivity contribution in [2.75, 3.05) is 25.1 Å². The van der Waals surface area contributed by atoms with E-state index in [0.717, 1.165) is 30.0 Å². The maximum Gasteiger partial charge on any atom is 0.407 e. The third-order valence-corrected chi connectivity index (χ3v) is 3.48. The van der Waals surface area contributed by atoms with Gasteiger partial charge in [-0.1, -0.05) is 12.2 Å². The number of aryl methyl sites for hydroxylation is 1. The molecule has 0 aromatic carbocycles. The van der Waals surface area contributed by atoms with Gasteiger partial charge < -0.3 is 20.7 Å². The number of nitrogens with one attached hydrogen (secondary N) is 1. The van der Waals surface area contributed by atoms with Crippen LogP contribution in [-0.4, -0.2) is 42.3 Å². The van der Waals surface area contributed by atoms with Crippen molar-refractivity contribution in [2.45, 2.75) is 19.4 Å². The molecule has 7 heteroatoms. The second-order valence-corrected chi connectivity index (χ2v) is 5.23. The number of pyridine rings is 1. The van der Waals surface area contributed by atoms with Gasteiger partial charge in [-0.15, -0.1) is 0 Å². The Balaban J connectivity index is 2.10. The summed E-state index contributed by atoms with van der Waals surface area (Å²) in [6, 6.07) is 3.82. The van der Waals surface area contributed by atoms with E-state index in [-0.39, 0.29) is 6.04 Å². The van der Waals surface area contributed by atoms with E-state index in [1.807, 2.05) is 19.1 Å². The number of alkyl carbamates (subject to hydrolysis) is 1. The molecule has 2 rings (SSSR count). The molecule has 108 valence electrons. The van der Waals surface area contributed by atoms with Crippen LogP contribution in [0.15, 0.2) is 12.1 Å². The number of nitrogens with two attached hydrogens (primary N) is 1. The molecule has 20 heavy (non-hydrogen) atoms. The van der Waals surface area contributed by atoms with Crippen molar-refractivity contribution >= 4 is 29.1 Å². The van der Waals surface area contributed by atoms with Gasteiger partial charge in [-0.2, -0.15) is 0 Å². The Morgan fingerprint density at radius 1 is 1.60 bits per heavy atom. The predicted octanol–water partition coefficient (Wildman–Crippen LogP) is 0.959. The summed E-state index contributed by atoms with van der Waals surface area (Å²) < 4.78 is 4.60. The Hall–Kier alpha value is -1.89. The number of carbonyl (C=O) groups excluding carboxylic acids is 1. The zero-order valence-corrected chi connectivity index (χ0v) is 12.4. The summed E-state index contributed by atoms with van der Waals surface area (Å²) in [6.45, 7) is 3.43. The zero-order valence-electron chi connectivity index (χ0n) is 11.5. The number of thiocarbonyl (C=S) groups is 1. The van der Waals surface area contributed by atoms with Crippen LogP contribution in [0.4, 0.5) is 10.6 Å². The lowest BCUT2D eigenvalue weighted by Gasteiger charge is -2.19. The van der Waals surface area contributed by atoms with Crippen molar-refractivity contribution in [3.8, 4) is 0 Å². The average molecular weight is 294 g/mol. The summed E-state index contributed by atoms with van der Waals surface area (Å²) in [5.74, 6) is 0.835. The Labute approximate surface area is 123 Å². The average Bonchev–Trinajstić information content (AvgIpc) is 2.86. The number of ether oxygens (including phenoxy) is 1. The van der Waals surface area contributed by atoms with Crippen LogP contribution in [0.5, 0.6) is 0 Å². The van der Waals surface area contributed by atoms with Gasteiger partial charge >= 0.3 is 6.09 Å². The quantitative estimate of drug-likeness (QED) is 0.808. The standard InChI is InChI=1S/C13H18N4O2S/c1-8-5-9(12(14)20)6-11(15-8)17-4-3-10(7-17)16-13(18)19-2/h5-6,10H,3-4,7H2,1-2H3,(H2,14,20)(H,16,18). The zero-order chi connectivity index (χ0) is 14.7. The fraction of sp³-hybridized carbons (Fsp3) is 0.462. The van der Waals surface area contributed by atoms with Crippen LogP contribution in [0.3, 0.4) is 0 Å². The van der Waals surface area contributed by atoms with Crippen molar-refractivity contribution < 1.29 is 9.53 Å². The number of methoxy groups -OCH3 is 1. The first-order valence-electron chi connectivity index (χ1n) is 6.37. The third-order valence-electron chi connectivity index (χ3n) is 3.24. The Morgan fingerprint density at radius 2 is 2.35 bits per heavy atom. The van der Waals surface area contributed by atoms with Crippen molar-refractivity contribution in [1.82, 2.24) is 10.3 Å². The molecule has 1 saturated heterocycles. The van der Waals surface area contributed by atoms with Gasteiger partial charge in [0.1, 0.15) is 10.8 Å². The van der Waals surface area contributed by atoms with Crippen molar-refractivity contribution in [3.63, 3.8) is 0 Å². The fourth-order valence-corrected chi connectivity index (χ4v) is 2.38. The van der Waals surface area contributed by atoms with Gasteiger partial charge in [0.25, 0.3) is 0 Å². The molecular formula is C13H18N4O2S. The lowest BCUT2D eigenvalue weighted by Crippen LogP contribution is -2.37. The Morgan fingerprint density at radius 3 is 3.00 bits per heavy atom. The van der Waals surface area contributed by atoms with Gasteiger partial charge in [-0.05, 0) is 25.5 Å². The summed E-state index contributed by atoms with van der Waals surface area (Å²) in [5, 5.41) is 2.80. The maximum absolute atomic E-state index is 11.2. The van der Waals surface area contributed by atoms with Gasteiger partial charge in [-0.25, -0.2) is 9.78 Å². The van der Waals surface area contributed by atoms with Crippen LogP contribution in [0.2, 0.25) is 0 Å². The molecule has 1 aromatic rings. The van der Waals surface area contributed by atoms with E-state index in [2.05, 4.69) is 19.9 Å². The summed E-state index contributed by atoms with van der Waals surface area (Å²) in [7, 11) is 1.36. The first kappa shape index (κ1) is 14.5.